The molecule has 17 heavy (non-hydrogen) atoms. The molecule has 1 aromatic heterocycles. The molecular weight excluding hydrogens is 234 g/mol. The third kappa shape index (κ3) is 2.87. The third-order valence-corrected chi connectivity index (χ3v) is 3.20. The largest absolute Gasteiger partial charge is 0.302 e. The second-order valence-corrected chi connectivity index (χ2v) is 4.55. The van der Waals surface area contributed by atoms with Crippen LogP contribution in [0.5, 0.6) is 0 Å². The zero-order valence-corrected chi connectivity index (χ0v) is 10.7. The lowest BCUT2D eigenvalue weighted by Crippen LogP contribution is -2.23. The van der Waals surface area contributed by atoms with Gasteiger partial charge in [-0.15, -0.1) is 0 Å². The van der Waals surface area contributed by atoms with Gasteiger partial charge in [0.15, 0.2) is 0 Å². The summed E-state index contributed by atoms with van der Waals surface area (Å²) in [7, 11) is 0. The van der Waals surface area contributed by atoms with E-state index in [0.29, 0.717) is 0 Å². The number of aromatic nitrogens is 2. The van der Waals surface area contributed by atoms with Gasteiger partial charge in [0.05, 0.1) is 5.69 Å². The summed E-state index contributed by atoms with van der Waals surface area (Å²) in [5.41, 5.74) is 2.18. The van der Waals surface area contributed by atoms with Gasteiger partial charge in [-0.05, 0) is 31.5 Å². The minimum atomic E-state index is 0.196. The van der Waals surface area contributed by atoms with Gasteiger partial charge >= 0.3 is 0 Å². The smallest absolute Gasteiger partial charge is 0.0518 e. The van der Waals surface area contributed by atoms with Crippen molar-refractivity contribution in [3.05, 3.63) is 52.8 Å². The molecule has 0 fully saturated rings. The van der Waals surface area contributed by atoms with Crippen molar-refractivity contribution in [1.29, 1.82) is 0 Å². The monoisotopic (exact) mass is 249 g/mol. The molecule has 0 aliphatic carbocycles. The van der Waals surface area contributed by atoms with Crippen molar-refractivity contribution in [1.82, 2.24) is 15.5 Å². The maximum Gasteiger partial charge on any atom is 0.0518 e. The lowest BCUT2D eigenvalue weighted by molar-refractivity contribution is 0.486. The first kappa shape index (κ1) is 12.1. The summed E-state index contributed by atoms with van der Waals surface area (Å²) < 4.78 is 0. The normalized spacial score (nSPS) is 14.5. The molecule has 1 aromatic carbocycles. The highest BCUT2D eigenvalue weighted by Crippen LogP contribution is 2.24. The van der Waals surface area contributed by atoms with E-state index in [0.717, 1.165) is 16.3 Å². The van der Waals surface area contributed by atoms with E-state index < -0.39 is 0 Å². The number of nitrogens with one attached hydrogen (secondary N) is 2. The maximum absolute atomic E-state index is 6.17. The second-order valence-electron chi connectivity index (χ2n) is 4.14. The molecule has 2 atom stereocenters. The van der Waals surface area contributed by atoms with Crippen LogP contribution in [0, 0.1) is 0 Å². The fourth-order valence-electron chi connectivity index (χ4n) is 1.89. The predicted octanol–water partition coefficient (Wildman–Crippen LogP) is 3.47. The molecular formula is C13H16ClN3. The Morgan fingerprint density at radius 1 is 1.18 bits per heavy atom. The Kier molecular flexibility index (Phi) is 3.82. The van der Waals surface area contributed by atoms with Gasteiger partial charge in [0.1, 0.15) is 0 Å². The molecule has 2 aromatic rings. The zero-order valence-electron chi connectivity index (χ0n) is 9.94. The van der Waals surface area contributed by atoms with Crippen LogP contribution in [0.1, 0.15) is 37.2 Å². The average Bonchev–Trinajstić information content (AvgIpc) is 2.82. The summed E-state index contributed by atoms with van der Waals surface area (Å²) in [5.74, 6) is 0. The van der Waals surface area contributed by atoms with Gasteiger partial charge < -0.3 is 5.32 Å². The number of halogens is 1. The highest BCUT2D eigenvalue weighted by Gasteiger charge is 2.13. The van der Waals surface area contributed by atoms with Crippen LogP contribution in [0.2, 0.25) is 5.02 Å². The minimum Gasteiger partial charge on any atom is -0.302 e. The van der Waals surface area contributed by atoms with E-state index in [1.807, 2.05) is 30.3 Å². The molecule has 0 radical (unpaired) electrons. The molecule has 0 amide bonds. The molecule has 2 rings (SSSR count). The molecule has 0 spiro atoms. The summed E-state index contributed by atoms with van der Waals surface area (Å²) in [6, 6.07) is 10.3. The van der Waals surface area contributed by atoms with E-state index in [9.17, 15) is 0 Å². The molecule has 0 aliphatic heterocycles. The Morgan fingerprint density at radius 3 is 2.59 bits per heavy atom. The minimum absolute atomic E-state index is 0.196. The fraction of sp³-hybridized carbons (Fsp3) is 0.308. The van der Waals surface area contributed by atoms with Crippen molar-refractivity contribution in [2.45, 2.75) is 25.9 Å². The van der Waals surface area contributed by atoms with Crippen molar-refractivity contribution in [2.24, 2.45) is 0 Å². The number of rotatable bonds is 4. The van der Waals surface area contributed by atoms with Crippen molar-refractivity contribution in [3.63, 3.8) is 0 Å². The third-order valence-electron chi connectivity index (χ3n) is 2.86. The Morgan fingerprint density at radius 2 is 1.94 bits per heavy atom. The van der Waals surface area contributed by atoms with Crippen LogP contribution in [-0.4, -0.2) is 10.2 Å². The summed E-state index contributed by atoms with van der Waals surface area (Å²) in [6.07, 6.45) is 1.76. The number of benzene rings is 1. The van der Waals surface area contributed by atoms with Crippen LogP contribution in [0.3, 0.4) is 0 Å². The topological polar surface area (TPSA) is 40.7 Å². The van der Waals surface area contributed by atoms with Gasteiger partial charge in [-0.3, -0.25) is 5.10 Å². The quantitative estimate of drug-likeness (QED) is 0.871. The van der Waals surface area contributed by atoms with Crippen molar-refractivity contribution in [3.8, 4) is 0 Å². The SMILES string of the molecule is CC(N[C@@H](C)c1ccccc1Cl)c1ccn[nH]1. The zero-order chi connectivity index (χ0) is 12.3. The van der Waals surface area contributed by atoms with E-state index in [2.05, 4.69) is 29.4 Å². The molecule has 3 nitrogen and oxygen atoms in total. The Hall–Kier alpha value is -1.32. The van der Waals surface area contributed by atoms with Gasteiger partial charge in [0.25, 0.3) is 0 Å². The van der Waals surface area contributed by atoms with Crippen LogP contribution in [0.4, 0.5) is 0 Å². The maximum atomic E-state index is 6.17. The number of hydrogen-bond acceptors (Lipinski definition) is 2. The van der Waals surface area contributed by atoms with E-state index in [1.54, 1.807) is 6.20 Å². The van der Waals surface area contributed by atoms with Crippen molar-refractivity contribution < 1.29 is 0 Å². The van der Waals surface area contributed by atoms with Crippen LogP contribution in [0.25, 0.3) is 0 Å². The highest BCUT2D eigenvalue weighted by atomic mass is 35.5. The summed E-state index contributed by atoms with van der Waals surface area (Å²) >= 11 is 6.17. The van der Waals surface area contributed by atoms with E-state index in [4.69, 9.17) is 11.6 Å². The first-order valence-electron chi connectivity index (χ1n) is 5.68. The lowest BCUT2D eigenvalue weighted by Gasteiger charge is -2.20. The fourth-order valence-corrected chi connectivity index (χ4v) is 2.19. The number of H-pyrrole nitrogens is 1. The van der Waals surface area contributed by atoms with E-state index in [1.165, 1.54) is 0 Å². The summed E-state index contributed by atoms with van der Waals surface area (Å²) in [4.78, 5) is 0. The Labute approximate surface area is 106 Å². The van der Waals surface area contributed by atoms with Crippen LogP contribution in [0.15, 0.2) is 36.5 Å². The van der Waals surface area contributed by atoms with Gasteiger partial charge in [-0.25, -0.2) is 0 Å². The molecule has 0 saturated carbocycles. The molecule has 0 saturated heterocycles. The standard InChI is InChI=1S/C13H16ClN3/c1-9(11-5-3-4-6-12(11)14)16-10(2)13-7-8-15-17-13/h3-10,16H,1-2H3,(H,15,17)/t9-,10?/m0/s1. The molecule has 2 N–H and O–H groups in total. The van der Waals surface area contributed by atoms with E-state index in [-0.39, 0.29) is 12.1 Å². The second kappa shape index (κ2) is 5.34. The average molecular weight is 250 g/mol. The van der Waals surface area contributed by atoms with Gasteiger partial charge in [0.2, 0.25) is 0 Å². The molecule has 0 aliphatic rings. The summed E-state index contributed by atoms with van der Waals surface area (Å²) in [5, 5.41) is 11.2. The summed E-state index contributed by atoms with van der Waals surface area (Å²) in [6.45, 7) is 4.20. The van der Waals surface area contributed by atoms with Gasteiger partial charge in [0, 0.05) is 23.3 Å². The molecule has 0 bridgehead atoms. The van der Waals surface area contributed by atoms with Crippen molar-refractivity contribution >= 4 is 11.6 Å². The first-order valence-corrected chi connectivity index (χ1v) is 6.06. The van der Waals surface area contributed by atoms with Gasteiger partial charge in [-0.2, -0.15) is 5.10 Å². The Bertz CT molecular complexity index is 467. The van der Waals surface area contributed by atoms with Crippen molar-refractivity contribution in [2.75, 3.05) is 0 Å². The van der Waals surface area contributed by atoms with Crippen LogP contribution < -0.4 is 5.32 Å². The Balaban J connectivity index is 2.07. The predicted molar refractivity (Wildman–Crippen MR) is 70.0 cm³/mol. The number of aromatic amines is 1. The molecule has 4 heteroatoms. The number of nitrogens with zero attached hydrogens (tertiary/aromatic N) is 1. The van der Waals surface area contributed by atoms with Crippen LogP contribution in [-0.2, 0) is 0 Å². The van der Waals surface area contributed by atoms with E-state index >= 15 is 0 Å². The van der Waals surface area contributed by atoms with Crippen LogP contribution >= 0.6 is 11.6 Å². The first-order chi connectivity index (χ1) is 8.18. The number of hydrogen-bond donors (Lipinski definition) is 2. The highest BCUT2D eigenvalue weighted by molar-refractivity contribution is 6.31. The molecule has 90 valence electrons. The van der Waals surface area contributed by atoms with Gasteiger partial charge in [-0.1, -0.05) is 29.8 Å². The molecule has 1 unspecified atom stereocenters. The molecule has 1 heterocycles. The lowest BCUT2D eigenvalue weighted by atomic mass is 10.1.